The molecule has 0 aliphatic rings. The Morgan fingerprint density at radius 2 is 1.86 bits per heavy atom. The average molecular weight is 535 g/mol. The van der Waals surface area contributed by atoms with Crippen molar-refractivity contribution in [2.45, 2.75) is 43.9 Å². The highest BCUT2D eigenvalue weighted by molar-refractivity contribution is 7.91. The second-order valence-corrected chi connectivity index (χ2v) is 12.3. The lowest BCUT2D eigenvalue weighted by molar-refractivity contribution is 0.143. The molecule has 0 radical (unpaired) electrons. The second-order valence-electron chi connectivity index (χ2n) is 8.85. The van der Waals surface area contributed by atoms with Crippen LogP contribution < -0.4 is 4.72 Å². The lowest BCUT2D eigenvalue weighted by atomic mass is 10.1. The Hall–Kier alpha value is -2.84. The van der Waals surface area contributed by atoms with Crippen LogP contribution in [0.15, 0.2) is 46.7 Å². The van der Waals surface area contributed by atoms with Crippen LogP contribution in [-0.2, 0) is 10.0 Å². The van der Waals surface area contributed by atoms with Gasteiger partial charge < -0.3 is 0 Å². The third-order valence-corrected chi connectivity index (χ3v) is 8.41. The van der Waals surface area contributed by atoms with Crippen LogP contribution in [0.25, 0.3) is 16.9 Å². The Labute approximate surface area is 211 Å². The number of aromatic nitrogens is 3. The topological polar surface area (TPSA) is 76.4 Å². The Kier molecular flexibility index (Phi) is 6.72. The van der Waals surface area contributed by atoms with E-state index in [4.69, 9.17) is 11.6 Å². The van der Waals surface area contributed by atoms with Gasteiger partial charge in [0.2, 0.25) is 0 Å². The summed E-state index contributed by atoms with van der Waals surface area (Å²) in [6, 6.07) is 11.1. The number of halogens is 3. The lowest BCUT2D eigenvalue weighted by Gasteiger charge is -2.19. The van der Waals surface area contributed by atoms with Crippen LogP contribution in [0.2, 0.25) is 5.02 Å². The number of fused-ring (bicyclic) bond motifs is 1. The van der Waals surface area contributed by atoms with Crippen LogP contribution in [0.5, 0.6) is 0 Å². The van der Waals surface area contributed by atoms with Gasteiger partial charge in [-0.15, -0.1) is 11.3 Å². The monoisotopic (exact) mass is 534 g/mol. The Morgan fingerprint density at radius 3 is 2.51 bits per heavy atom. The van der Waals surface area contributed by atoms with E-state index in [-0.39, 0.29) is 21.2 Å². The smallest absolute Gasteiger partial charge is 0.228 e. The highest BCUT2D eigenvalue weighted by atomic mass is 35.5. The van der Waals surface area contributed by atoms with Crippen molar-refractivity contribution in [1.82, 2.24) is 19.3 Å². The third-order valence-electron chi connectivity index (χ3n) is 4.73. The van der Waals surface area contributed by atoms with Gasteiger partial charge in [0.25, 0.3) is 16.4 Å². The molecule has 6 nitrogen and oxygen atoms in total. The predicted octanol–water partition coefficient (Wildman–Crippen LogP) is 5.83. The van der Waals surface area contributed by atoms with E-state index in [1.807, 2.05) is 6.92 Å². The number of nitrogens with one attached hydrogen (secondary N) is 1. The zero-order valence-electron chi connectivity index (χ0n) is 19.2. The van der Waals surface area contributed by atoms with Gasteiger partial charge in [0.05, 0.1) is 10.6 Å². The van der Waals surface area contributed by atoms with Gasteiger partial charge in [-0.3, -0.25) is 0 Å². The molecule has 0 spiro atoms. The van der Waals surface area contributed by atoms with Crippen molar-refractivity contribution in [1.29, 1.82) is 0 Å². The summed E-state index contributed by atoms with van der Waals surface area (Å²) >= 11 is 7.09. The van der Waals surface area contributed by atoms with Crippen LogP contribution in [0.3, 0.4) is 0 Å². The summed E-state index contributed by atoms with van der Waals surface area (Å²) in [6.45, 7) is 7.09. The molecule has 4 aromatic rings. The van der Waals surface area contributed by atoms with Crippen molar-refractivity contribution in [3.63, 3.8) is 0 Å². The molecule has 3 aromatic heterocycles. The highest BCUT2D eigenvalue weighted by Gasteiger charge is 2.23. The summed E-state index contributed by atoms with van der Waals surface area (Å²) in [7, 11) is -3.67. The number of benzene rings is 1. The van der Waals surface area contributed by atoms with Crippen molar-refractivity contribution in [3.05, 3.63) is 69.3 Å². The average Bonchev–Trinajstić information content (AvgIpc) is 3.38. The maximum Gasteiger partial charge on any atom is 0.280 e. The SMILES string of the molecule is Cc1cc(-c2cc(C(F)F)n3nc(C#Cc4ccc(S(=O)(=O)NC(C)(C)C)s4)cc3n2)ccc1Cl. The number of aryl methyl sites for hydroxylation is 1. The molecule has 0 atom stereocenters. The molecule has 4 rings (SSSR count). The van der Waals surface area contributed by atoms with Crippen molar-refractivity contribution < 1.29 is 17.2 Å². The molecule has 182 valence electrons. The molecule has 35 heavy (non-hydrogen) atoms. The third kappa shape index (κ3) is 5.70. The van der Waals surface area contributed by atoms with Gasteiger partial charge in [-0.2, -0.15) is 5.10 Å². The fraction of sp³-hybridized carbons (Fsp3) is 0.250. The van der Waals surface area contributed by atoms with Gasteiger partial charge >= 0.3 is 0 Å². The molecule has 0 bridgehead atoms. The van der Waals surface area contributed by atoms with Crippen molar-refractivity contribution in [2.75, 3.05) is 0 Å². The second kappa shape index (κ2) is 9.32. The number of nitrogens with zero attached hydrogens (tertiary/aromatic N) is 3. The van der Waals surface area contributed by atoms with Crippen LogP contribution in [-0.4, -0.2) is 28.6 Å². The summed E-state index contributed by atoms with van der Waals surface area (Å²) in [4.78, 5) is 4.97. The standard InChI is InChI=1S/C24H21ClF2N4O2S2/c1-14-11-15(5-9-18(14)25)19-13-20(23(26)27)31-21(28-19)12-16(29-31)6-7-17-8-10-22(34-17)35(32,33)30-24(2,3)4/h5,8-13,23,30H,1-4H3. The van der Waals surface area contributed by atoms with Gasteiger partial charge in [0.15, 0.2) is 5.65 Å². The van der Waals surface area contributed by atoms with Gasteiger partial charge in [-0.05, 0) is 75.4 Å². The van der Waals surface area contributed by atoms with E-state index in [2.05, 4.69) is 26.6 Å². The Morgan fingerprint density at radius 1 is 1.11 bits per heavy atom. The van der Waals surface area contributed by atoms with Crippen LogP contribution in [0, 0.1) is 18.8 Å². The van der Waals surface area contributed by atoms with Gasteiger partial charge in [-0.1, -0.05) is 17.7 Å². The number of rotatable bonds is 4. The first-order chi connectivity index (χ1) is 16.3. The minimum absolute atomic E-state index is 0.135. The normalized spacial score (nSPS) is 12.2. The molecular weight excluding hydrogens is 514 g/mol. The van der Waals surface area contributed by atoms with E-state index >= 15 is 0 Å². The molecule has 0 aliphatic carbocycles. The molecular formula is C24H21ClF2N4O2S2. The van der Waals surface area contributed by atoms with Crippen molar-refractivity contribution >= 4 is 38.6 Å². The summed E-state index contributed by atoms with van der Waals surface area (Å²) in [6.07, 6.45) is -2.78. The first-order valence-corrected chi connectivity index (χ1v) is 13.1. The summed E-state index contributed by atoms with van der Waals surface area (Å²) in [5.41, 5.74) is 1.34. The largest absolute Gasteiger partial charge is 0.280 e. The number of alkyl halides is 2. The molecule has 0 amide bonds. The molecule has 0 saturated heterocycles. The number of hydrogen-bond acceptors (Lipinski definition) is 5. The zero-order chi connectivity index (χ0) is 25.5. The van der Waals surface area contributed by atoms with Crippen molar-refractivity contribution in [3.8, 4) is 23.1 Å². The highest BCUT2D eigenvalue weighted by Crippen LogP contribution is 2.28. The number of hydrogen-bond donors (Lipinski definition) is 1. The summed E-state index contributed by atoms with van der Waals surface area (Å²) in [5, 5.41) is 4.75. The van der Waals surface area contributed by atoms with Gasteiger partial charge in [-0.25, -0.2) is 31.4 Å². The molecule has 1 N–H and O–H groups in total. The van der Waals surface area contributed by atoms with Crippen LogP contribution >= 0.6 is 22.9 Å². The first-order valence-electron chi connectivity index (χ1n) is 10.4. The molecule has 0 saturated carbocycles. The lowest BCUT2D eigenvalue weighted by Crippen LogP contribution is -2.40. The van der Waals surface area contributed by atoms with E-state index in [0.29, 0.717) is 21.2 Å². The quantitative estimate of drug-likeness (QED) is 0.334. The minimum Gasteiger partial charge on any atom is -0.228 e. The maximum atomic E-state index is 13.8. The van der Waals surface area contributed by atoms with Crippen LogP contribution in [0.4, 0.5) is 8.78 Å². The van der Waals surface area contributed by atoms with Crippen LogP contribution in [0.1, 0.15) is 49.0 Å². The number of thiophene rings is 1. The molecule has 0 fully saturated rings. The number of sulfonamides is 1. The predicted molar refractivity (Wildman–Crippen MR) is 134 cm³/mol. The van der Waals surface area contributed by atoms with E-state index in [9.17, 15) is 17.2 Å². The molecule has 0 unspecified atom stereocenters. The molecule has 1 aromatic carbocycles. The van der Waals surface area contributed by atoms with Crippen molar-refractivity contribution in [2.24, 2.45) is 0 Å². The van der Waals surface area contributed by atoms with Gasteiger partial charge in [0, 0.05) is 22.2 Å². The fourth-order valence-corrected chi connectivity index (χ4v) is 5.97. The van der Waals surface area contributed by atoms with E-state index in [0.717, 1.165) is 21.4 Å². The maximum absolute atomic E-state index is 13.8. The molecule has 3 heterocycles. The Bertz CT molecular complexity index is 1590. The summed E-state index contributed by atoms with van der Waals surface area (Å²) in [5.74, 6) is 5.67. The zero-order valence-corrected chi connectivity index (χ0v) is 21.6. The van der Waals surface area contributed by atoms with E-state index < -0.39 is 22.0 Å². The molecule has 0 aliphatic heterocycles. The Balaban J connectivity index is 1.69. The fourth-order valence-electron chi connectivity index (χ4n) is 3.28. The summed E-state index contributed by atoms with van der Waals surface area (Å²) < 4.78 is 56.4. The van der Waals surface area contributed by atoms with Gasteiger partial charge in [0.1, 0.15) is 15.6 Å². The van der Waals surface area contributed by atoms with E-state index in [1.165, 1.54) is 18.2 Å². The first kappa shape index (κ1) is 25.3. The van der Waals surface area contributed by atoms with E-state index in [1.54, 1.807) is 45.0 Å². The minimum atomic E-state index is -3.67. The molecule has 11 heteroatoms.